The van der Waals surface area contributed by atoms with Crippen molar-refractivity contribution in [2.24, 2.45) is 5.92 Å². The molecular formula is C25H36N6S. The van der Waals surface area contributed by atoms with Gasteiger partial charge in [0.1, 0.15) is 11.6 Å². The topological polar surface area (TPSA) is 56.3 Å². The third kappa shape index (κ3) is 5.68. The first-order valence-corrected chi connectivity index (χ1v) is 12.4. The van der Waals surface area contributed by atoms with E-state index >= 15 is 0 Å². The van der Waals surface area contributed by atoms with Crippen molar-refractivity contribution in [3.05, 3.63) is 42.0 Å². The number of piperidine rings is 2. The van der Waals surface area contributed by atoms with Gasteiger partial charge >= 0.3 is 0 Å². The molecule has 0 radical (unpaired) electrons. The second kappa shape index (κ2) is 10.5. The first-order chi connectivity index (χ1) is 15.5. The minimum Gasteiger partial charge on any atom is -0.356 e. The molecule has 2 unspecified atom stereocenters. The van der Waals surface area contributed by atoms with Crippen molar-refractivity contribution in [1.29, 1.82) is 0 Å². The molecule has 1 aromatic heterocycles. The maximum Gasteiger partial charge on any atom is 0.232 e. The van der Waals surface area contributed by atoms with Crippen LogP contribution in [0.1, 0.15) is 64.5 Å². The average molecular weight is 453 g/mol. The summed E-state index contributed by atoms with van der Waals surface area (Å²) < 4.78 is 0. The summed E-state index contributed by atoms with van der Waals surface area (Å²) in [7, 11) is 0. The number of hydrogen-bond donors (Lipinski definition) is 2. The molecule has 2 N–H and O–H groups in total. The van der Waals surface area contributed by atoms with E-state index in [0.717, 1.165) is 37.2 Å². The summed E-state index contributed by atoms with van der Waals surface area (Å²) in [5.41, 5.74) is 1.19. The molecular weight excluding hydrogens is 416 g/mol. The quantitative estimate of drug-likeness (QED) is 0.609. The van der Waals surface area contributed by atoms with Gasteiger partial charge in [0.05, 0.1) is 6.04 Å². The highest BCUT2D eigenvalue weighted by atomic mass is 32.1. The summed E-state index contributed by atoms with van der Waals surface area (Å²) in [4.78, 5) is 14.6. The summed E-state index contributed by atoms with van der Waals surface area (Å²) >= 11 is 5.62. The smallest absolute Gasteiger partial charge is 0.232 e. The van der Waals surface area contributed by atoms with Crippen LogP contribution in [0, 0.1) is 5.92 Å². The second-order valence-electron chi connectivity index (χ2n) is 9.35. The van der Waals surface area contributed by atoms with Gasteiger partial charge in [0.25, 0.3) is 0 Å². The third-order valence-electron chi connectivity index (χ3n) is 6.78. The van der Waals surface area contributed by atoms with Gasteiger partial charge in [0, 0.05) is 31.7 Å². The van der Waals surface area contributed by atoms with Crippen molar-refractivity contribution >= 4 is 34.9 Å². The van der Waals surface area contributed by atoms with E-state index in [0.29, 0.717) is 17.1 Å². The highest BCUT2D eigenvalue weighted by molar-refractivity contribution is 7.80. The fraction of sp³-hybridized carbons (Fsp3) is 0.560. The number of rotatable bonds is 5. The average Bonchev–Trinajstić information content (AvgIpc) is 2.80. The normalized spacial score (nSPS) is 20.7. The van der Waals surface area contributed by atoms with Crippen LogP contribution in [0.5, 0.6) is 0 Å². The van der Waals surface area contributed by atoms with E-state index in [9.17, 15) is 0 Å². The minimum absolute atomic E-state index is 0.101. The molecule has 0 amide bonds. The molecule has 6 nitrogen and oxygen atoms in total. The summed E-state index contributed by atoms with van der Waals surface area (Å²) in [6.07, 6.45) is 6.11. The molecule has 32 heavy (non-hydrogen) atoms. The van der Waals surface area contributed by atoms with Crippen molar-refractivity contribution in [1.82, 2.24) is 15.3 Å². The largest absolute Gasteiger partial charge is 0.356 e. The Kier molecular flexibility index (Phi) is 7.45. The standard InChI is InChI=1S/C25H36N6S/c1-18-12-15-30(16-13-18)22-17-23(31-14-8-7-9-19(31)2)28-24(27-22)29-25(32)26-20(3)21-10-5-4-6-11-21/h4-6,10-11,17-20H,7-9,12-16H2,1-3H3,(H2,26,27,28,29,32). The van der Waals surface area contributed by atoms with Crippen LogP contribution in [0.3, 0.4) is 0 Å². The lowest BCUT2D eigenvalue weighted by Crippen LogP contribution is -2.39. The first kappa shape index (κ1) is 22.8. The Hall–Kier alpha value is -2.41. The van der Waals surface area contributed by atoms with Gasteiger partial charge in [0.2, 0.25) is 5.95 Å². The van der Waals surface area contributed by atoms with Gasteiger partial charge in [-0.1, -0.05) is 37.3 Å². The molecule has 0 spiro atoms. The first-order valence-electron chi connectivity index (χ1n) is 12.0. The minimum atomic E-state index is 0.101. The van der Waals surface area contributed by atoms with E-state index < -0.39 is 0 Å². The Balaban J connectivity index is 1.53. The van der Waals surface area contributed by atoms with Crippen molar-refractivity contribution in [2.45, 2.75) is 65.0 Å². The number of benzene rings is 1. The van der Waals surface area contributed by atoms with Crippen molar-refractivity contribution in [3.63, 3.8) is 0 Å². The molecule has 4 rings (SSSR count). The molecule has 2 aromatic rings. The maximum absolute atomic E-state index is 5.62. The predicted molar refractivity (Wildman–Crippen MR) is 138 cm³/mol. The highest BCUT2D eigenvalue weighted by Crippen LogP contribution is 2.29. The molecule has 0 saturated carbocycles. The van der Waals surface area contributed by atoms with Gasteiger partial charge in [-0.15, -0.1) is 0 Å². The molecule has 2 saturated heterocycles. The van der Waals surface area contributed by atoms with Crippen LogP contribution in [-0.2, 0) is 0 Å². The zero-order valence-corrected chi connectivity index (χ0v) is 20.4. The zero-order valence-electron chi connectivity index (χ0n) is 19.6. The Labute approximate surface area is 197 Å². The molecule has 0 bridgehead atoms. The fourth-order valence-corrected chi connectivity index (χ4v) is 4.89. The Bertz CT molecular complexity index is 897. The summed E-state index contributed by atoms with van der Waals surface area (Å²) in [5, 5.41) is 7.19. The van der Waals surface area contributed by atoms with E-state index in [4.69, 9.17) is 22.2 Å². The van der Waals surface area contributed by atoms with E-state index in [1.807, 2.05) is 18.2 Å². The highest BCUT2D eigenvalue weighted by Gasteiger charge is 2.24. The van der Waals surface area contributed by atoms with Crippen LogP contribution in [-0.4, -0.2) is 40.8 Å². The SMILES string of the molecule is CC1CCN(c2cc(N3CCCCC3C)nc(NC(=S)NC(C)c3ccccc3)n2)CC1. The van der Waals surface area contributed by atoms with Crippen LogP contribution in [0.15, 0.2) is 36.4 Å². The summed E-state index contributed by atoms with van der Waals surface area (Å²) in [6.45, 7) is 9.87. The number of hydrogen-bond acceptors (Lipinski definition) is 5. The van der Waals surface area contributed by atoms with Gasteiger partial charge in [0.15, 0.2) is 5.11 Å². The lowest BCUT2D eigenvalue weighted by molar-refractivity contribution is 0.436. The zero-order chi connectivity index (χ0) is 22.5. The molecule has 7 heteroatoms. The Morgan fingerprint density at radius 2 is 1.72 bits per heavy atom. The summed E-state index contributed by atoms with van der Waals surface area (Å²) in [5.74, 6) is 3.36. The van der Waals surface area contributed by atoms with Crippen LogP contribution >= 0.6 is 12.2 Å². The molecule has 2 fully saturated rings. The van der Waals surface area contributed by atoms with Gasteiger partial charge in [-0.2, -0.15) is 9.97 Å². The molecule has 2 atom stereocenters. The molecule has 0 aliphatic carbocycles. The van der Waals surface area contributed by atoms with E-state index in [1.165, 1.54) is 37.7 Å². The van der Waals surface area contributed by atoms with Crippen molar-refractivity contribution in [3.8, 4) is 0 Å². The molecule has 3 heterocycles. The van der Waals surface area contributed by atoms with E-state index in [2.05, 4.69) is 59.4 Å². The monoisotopic (exact) mass is 452 g/mol. The van der Waals surface area contributed by atoms with Crippen LogP contribution in [0.2, 0.25) is 0 Å². The van der Waals surface area contributed by atoms with E-state index in [-0.39, 0.29) is 6.04 Å². The number of anilines is 3. The van der Waals surface area contributed by atoms with Crippen LogP contribution in [0.4, 0.5) is 17.6 Å². The maximum atomic E-state index is 5.62. The van der Waals surface area contributed by atoms with Crippen LogP contribution in [0.25, 0.3) is 0 Å². The summed E-state index contributed by atoms with van der Waals surface area (Å²) in [6, 6.07) is 13.1. The molecule has 2 aliphatic rings. The number of thiocarbonyl (C=S) groups is 1. The van der Waals surface area contributed by atoms with Crippen molar-refractivity contribution < 1.29 is 0 Å². The van der Waals surface area contributed by atoms with Gasteiger partial charge in [-0.3, -0.25) is 0 Å². The Morgan fingerprint density at radius 3 is 2.44 bits per heavy atom. The number of nitrogens with zero attached hydrogens (tertiary/aromatic N) is 4. The Morgan fingerprint density at radius 1 is 1.00 bits per heavy atom. The fourth-order valence-electron chi connectivity index (χ4n) is 4.62. The van der Waals surface area contributed by atoms with Gasteiger partial charge in [-0.05, 0) is 69.7 Å². The molecule has 172 valence electrons. The number of nitrogens with one attached hydrogen (secondary N) is 2. The molecule has 1 aromatic carbocycles. The predicted octanol–water partition coefficient (Wildman–Crippen LogP) is 5.14. The van der Waals surface area contributed by atoms with Crippen molar-refractivity contribution in [2.75, 3.05) is 34.8 Å². The lowest BCUT2D eigenvalue weighted by Gasteiger charge is -2.36. The second-order valence-corrected chi connectivity index (χ2v) is 9.75. The van der Waals surface area contributed by atoms with Crippen LogP contribution < -0.4 is 20.4 Å². The van der Waals surface area contributed by atoms with Gasteiger partial charge < -0.3 is 20.4 Å². The lowest BCUT2D eigenvalue weighted by atomic mass is 9.99. The number of aromatic nitrogens is 2. The molecule has 2 aliphatic heterocycles. The van der Waals surface area contributed by atoms with Gasteiger partial charge in [-0.25, -0.2) is 0 Å². The third-order valence-corrected chi connectivity index (χ3v) is 7.00. The van der Waals surface area contributed by atoms with E-state index in [1.54, 1.807) is 0 Å².